The van der Waals surface area contributed by atoms with Crippen molar-refractivity contribution in [1.29, 1.82) is 5.26 Å². The normalized spacial score (nSPS) is 14.6. The molecular formula is C19H17F3N4O. The predicted molar refractivity (Wildman–Crippen MR) is 95.4 cm³/mol. The van der Waals surface area contributed by atoms with Crippen LogP contribution in [0.1, 0.15) is 11.1 Å². The first-order valence-corrected chi connectivity index (χ1v) is 8.35. The molecule has 0 radical (unpaired) electrons. The van der Waals surface area contributed by atoms with Gasteiger partial charge in [0, 0.05) is 37.6 Å². The maximum Gasteiger partial charge on any atom is 0.416 e. The number of anilines is 2. The van der Waals surface area contributed by atoms with Gasteiger partial charge in [-0.15, -0.1) is 0 Å². The molecule has 0 aromatic heterocycles. The predicted octanol–water partition coefficient (Wildman–Crippen LogP) is 3.93. The zero-order chi connectivity index (χ0) is 19.4. The molecular weight excluding hydrogens is 357 g/mol. The fourth-order valence-electron chi connectivity index (χ4n) is 2.89. The number of nitrogens with zero attached hydrogens (tertiary/aromatic N) is 3. The lowest BCUT2D eigenvalue weighted by Crippen LogP contribution is -2.50. The third kappa shape index (κ3) is 4.50. The molecule has 0 atom stereocenters. The standard InChI is InChI=1S/C19H17F3N4O/c20-19(21,22)15-2-1-3-16(12-15)24-18(27)26-10-8-25(9-11-26)17-6-4-14(13-23)5-7-17/h1-7,12H,8-11H2,(H,24,27). The highest BCUT2D eigenvalue weighted by atomic mass is 19.4. The quantitative estimate of drug-likeness (QED) is 0.867. The maximum absolute atomic E-state index is 12.8. The number of hydrogen-bond donors (Lipinski definition) is 1. The van der Waals surface area contributed by atoms with Crippen LogP contribution in [-0.4, -0.2) is 37.1 Å². The zero-order valence-corrected chi connectivity index (χ0v) is 14.3. The fraction of sp³-hybridized carbons (Fsp3) is 0.263. The van der Waals surface area contributed by atoms with Crippen LogP contribution in [0.4, 0.5) is 29.3 Å². The second-order valence-corrected chi connectivity index (χ2v) is 6.14. The molecule has 3 rings (SSSR count). The molecule has 1 fully saturated rings. The van der Waals surface area contributed by atoms with Crippen molar-refractivity contribution in [2.24, 2.45) is 0 Å². The van der Waals surface area contributed by atoms with Gasteiger partial charge in [0.2, 0.25) is 0 Å². The first-order chi connectivity index (χ1) is 12.9. The SMILES string of the molecule is N#Cc1ccc(N2CCN(C(=O)Nc3cccc(C(F)(F)F)c3)CC2)cc1. The van der Waals surface area contributed by atoms with Gasteiger partial charge in [-0.05, 0) is 42.5 Å². The molecule has 27 heavy (non-hydrogen) atoms. The topological polar surface area (TPSA) is 59.4 Å². The molecule has 1 saturated heterocycles. The number of piperazine rings is 1. The van der Waals surface area contributed by atoms with Crippen molar-refractivity contribution < 1.29 is 18.0 Å². The van der Waals surface area contributed by atoms with Gasteiger partial charge in [-0.25, -0.2) is 4.79 Å². The lowest BCUT2D eigenvalue weighted by molar-refractivity contribution is -0.137. The summed E-state index contributed by atoms with van der Waals surface area (Å²) in [6.45, 7) is 2.10. The number of benzene rings is 2. The molecule has 1 heterocycles. The summed E-state index contributed by atoms with van der Waals surface area (Å²) in [7, 11) is 0. The van der Waals surface area contributed by atoms with E-state index in [0.717, 1.165) is 17.8 Å². The van der Waals surface area contributed by atoms with E-state index < -0.39 is 17.8 Å². The number of amides is 2. The summed E-state index contributed by atoms with van der Waals surface area (Å²) >= 11 is 0. The van der Waals surface area contributed by atoms with Crippen molar-refractivity contribution in [3.05, 3.63) is 59.7 Å². The fourth-order valence-corrected chi connectivity index (χ4v) is 2.89. The molecule has 2 aromatic carbocycles. The summed E-state index contributed by atoms with van der Waals surface area (Å²) in [5.74, 6) is 0. The van der Waals surface area contributed by atoms with E-state index in [1.165, 1.54) is 12.1 Å². The van der Waals surface area contributed by atoms with Crippen LogP contribution in [0.5, 0.6) is 0 Å². The molecule has 0 saturated carbocycles. The zero-order valence-electron chi connectivity index (χ0n) is 14.3. The van der Waals surface area contributed by atoms with Gasteiger partial charge in [0.25, 0.3) is 0 Å². The smallest absolute Gasteiger partial charge is 0.368 e. The number of urea groups is 1. The maximum atomic E-state index is 12.8. The Hall–Kier alpha value is -3.21. The van der Waals surface area contributed by atoms with E-state index in [9.17, 15) is 18.0 Å². The van der Waals surface area contributed by atoms with Crippen molar-refractivity contribution in [3.63, 3.8) is 0 Å². The van der Waals surface area contributed by atoms with Gasteiger partial charge in [-0.1, -0.05) is 6.07 Å². The van der Waals surface area contributed by atoms with Gasteiger partial charge >= 0.3 is 12.2 Å². The van der Waals surface area contributed by atoms with Gasteiger partial charge in [-0.2, -0.15) is 18.4 Å². The van der Waals surface area contributed by atoms with Crippen LogP contribution in [-0.2, 0) is 6.18 Å². The highest BCUT2D eigenvalue weighted by Gasteiger charge is 2.30. The van der Waals surface area contributed by atoms with Gasteiger partial charge in [0.1, 0.15) is 0 Å². The van der Waals surface area contributed by atoms with Crippen molar-refractivity contribution in [2.75, 3.05) is 36.4 Å². The van der Waals surface area contributed by atoms with Crippen LogP contribution in [0, 0.1) is 11.3 Å². The van der Waals surface area contributed by atoms with E-state index in [2.05, 4.69) is 16.3 Å². The van der Waals surface area contributed by atoms with Crippen LogP contribution in [0.2, 0.25) is 0 Å². The summed E-state index contributed by atoms with van der Waals surface area (Å²) in [4.78, 5) is 16.0. The van der Waals surface area contributed by atoms with Crippen LogP contribution < -0.4 is 10.2 Å². The minimum absolute atomic E-state index is 0.115. The first-order valence-electron chi connectivity index (χ1n) is 8.35. The van der Waals surface area contributed by atoms with E-state index in [-0.39, 0.29) is 5.69 Å². The Morgan fingerprint density at radius 1 is 1.04 bits per heavy atom. The van der Waals surface area contributed by atoms with E-state index in [0.29, 0.717) is 31.7 Å². The second-order valence-electron chi connectivity index (χ2n) is 6.14. The molecule has 1 aliphatic heterocycles. The number of nitriles is 1. The second kappa shape index (κ2) is 7.58. The van der Waals surface area contributed by atoms with Crippen molar-refractivity contribution in [3.8, 4) is 6.07 Å². The summed E-state index contributed by atoms with van der Waals surface area (Å²) in [5.41, 5.74) is 0.861. The molecule has 8 heteroatoms. The molecule has 0 aliphatic carbocycles. The van der Waals surface area contributed by atoms with E-state index >= 15 is 0 Å². The average molecular weight is 374 g/mol. The Morgan fingerprint density at radius 3 is 2.30 bits per heavy atom. The van der Waals surface area contributed by atoms with Crippen LogP contribution in [0.15, 0.2) is 48.5 Å². The van der Waals surface area contributed by atoms with Crippen molar-refractivity contribution >= 4 is 17.4 Å². The number of alkyl halides is 3. The summed E-state index contributed by atoms with van der Waals surface area (Å²) in [6, 6.07) is 13.4. The van der Waals surface area contributed by atoms with Crippen LogP contribution in [0.25, 0.3) is 0 Å². The number of nitrogens with one attached hydrogen (secondary N) is 1. The minimum Gasteiger partial charge on any atom is -0.368 e. The Bertz CT molecular complexity index is 850. The van der Waals surface area contributed by atoms with Gasteiger partial charge in [0.05, 0.1) is 17.2 Å². The molecule has 0 bridgehead atoms. The van der Waals surface area contributed by atoms with Gasteiger partial charge < -0.3 is 15.1 Å². The molecule has 1 aliphatic rings. The summed E-state index contributed by atoms with van der Waals surface area (Å²) in [5, 5.41) is 11.4. The Labute approximate surface area is 154 Å². The van der Waals surface area contributed by atoms with Gasteiger partial charge in [0.15, 0.2) is 0 Å². The lowest BCUT2D eigenvalue weighted by Gasteiger charge is -2.36. The number of rotatable bonds is 2. The molecule has 140 valence electrons. The first kappa shape index (κ1) is 18.6. The summed E-state index contributed by atoms with van der Waals surface area (Å²) in [6.07, 6.45) is -4.45. The van der Waals surface area contributed by atoms with Crippen LogP contribution in [0.3, 0.4) is 0 Å². The number of carbonyl (C=O) groups excluding carboxylic acids is 1. The Balaban J connectivity index is 1.58. The minimum atomic E-state index is -4.45. The summed E-state index contributed by atoms with van der Waals surface area (Å²) < 4.78 is 38.3. The molecule has 1 N–H and O–H groups in total. The molecule has 2 amide bonds. The number of carbonyl (C=O) groups is 1. The Morgan fingerprint density at radius 2 is 1.70 bits per heavy atom. The molecule has 0 unspecified atom stereocenters. The van der Waals surface area contributed by atoms with Crippen molar-refractivity contribution in [2.45, 2.75) is 6.18 Å². The average Bonchev–Trinajstić information content (AvgIpc) is 2.68. The van der Waals surface area contributed by atoms with Gasteiger partial charge in [-0.3, -0.25) is 0 Å². The number of hydrogen-bond acceptors (Lipinski definition) is 3. The largest absolute Gasteiger partial charge is 0.416 e. The lowest BCUT2D eigenvalue weighted by atomic mass is 10.2. The monoisotopic (exact) mass is 374 g/mol. The van der Waals surface area contributed by atoms with E-state index in [1.807, 2.05) is 12.1 Å². The third-order valence-corrected chi connectivity index (χ3v) is 4.37. The molecule has 2 aromatic rings. The molecule has 0 spiro atoms. The molecule has 5 nitrogen and oxygen atoms in total. The Kier molecular flexibility index (Phi) is 5.21. The van der Waals surface area contributed by atoms with E-state index in [1.54, 1.807) is 17.0 Å². The van der Waals surface area contributed by atoms with Crippen molar-refractivity contribution in [1.82, 2.24) is 4.90 Å². The highest BCUT2D eigenvalue weighted by Crippen LogP contribution is 2.30. The number of halogens is 3. The van der Waals surface area contributed by atoms with Crippen LogP contribution >= 0.6 is 0 Å². The third-order valence-electron chi connectivity index (χ3n) is 4.37. The van der Waals surface area contributed by atoms with E-state index in [4.69, 9.17) is 5.26 Å². The highest BCUT2D eigenvalue weighted by molar-refractivity contribution is 5.89.